The Bertz CT molecular complexity index is 1760. The van der Waals surface area contributed by atoms with E-state index in [1.807, 2.05) is 0 Å². The van der Waals surface area contributed by atoms with Crippen molar-refractivity contribution in [3.8, 4) is 0 Å². The van der Waals surface area contributed by atoms with E-state index in [0.29, 0.717) is 55.6 Å². The Kier molecular flexibility index (Phi) is 10.2. The van der Waals surface area contributed by atoms with Crippen LogP contribution in [0.15, 0.2) is 34.4 Å². The summed E-state index contributed by atoms with van der Waals surface area (Å²) in [5, 5.41) is 13.6. The first-order chi connectivity index (χ1) is 25.2. The van der Waals surface area contributed by atoms with Crippen LogP contribution < -0.4 is 5.32 Å². The molecule has 0 amide bonds. The summed E-state index contributed by atoms with van der Waals surface area (Å²) in [6, 6.07) is 0. The number of piperidine rings is 1. The van der Waals surface area contributed by atoms with Crippen LogP contribution in [0.3, 0.4) is 0 Å². The number of alkyl halides is 1. The number of nitrogens with zero attached hydrogens (tertiary/aromatic N) is 1. The van der Waals surface area contributed by atoms with Gasteiger partial charge in [-0.15, -0.1) is 0 Å². The smallest absolute Gasteiger partial charge is 0.312 e. The highest BCUT2D eigenvalue weighted by Crippen LogP contribution is 2.76. The largest absolute Gasteiger partial charge is 0.481 e. The molecule has 7 nitrogen and oxygen atoms in total. The van der Waals surface area contributed by atoms with E-state index < -0.39 is 27.9 Å². The van der Waals surface area contributed by atoms with Gasteiger partial charge in [-0.25, -0.2) is 12.8 Å². The number of allylic oxidation sites excluding steroid dienone is 5. The topological polar surface area (TPSA) is 104 Å². The predicted molar refractivity (Wildman–Crippen MR) is 213 cm³/mol. The van der Waals surface area contributed by atoms with Gasteiger partial charge in [0, 0.05) is 31.3 Å². The summed E-state index contributed by atoms with van der Waals surface area (Å²) < 4.78 is 38.3. The summed E-state index contributed by atoms with van der Waals surface area (Å²) >= 11 is 0. The molecule has 302 valence electrons. The number of Topliss-reactive ketones (excluding diaryl/α,β-unsaturated/α-hetero) is 1. The highest BCUT2D eigenvalue weighted by atomic mass is 32.2. The van der Waals surface area contributed by atoms with Crippen molar-refractivity contribution in [1.29, 1.82) is 0 Å². The first kappa shape index (κ1) is 40.4. The van der Waals surface area contributed by atoms with Crippen molar-refractivity contribution < 1.29 is 27.5 Å². The Morgan fingerprint density at radius 2 is 1.65 bits per heavy atom. The van der Waals surface area contributed by atoms with Crippen molar-refractivity contribution in [2.75, 3.05) is 39.1 Å². The molecule has 4 fully saturated rings. The van der Waals surface area contributed by atoms with E-state index >= 15 is 0 Å². The molecule has 0 unspecified atom stereocenters. The van der Waals surface area contributed by atoms with E-state index in [4.69, 9.17) is 0 Å². The summed E-state index contributed by atoms with van der Waals surface area (Å²) in [6.45, 7) is 19.5. The van der Waals surface area contributed by atoms with E-state index in [1.165, 1.54) is 29.4 Å². The van der Waals surface area contributed by atoms with E-state index in [9.17, 15) is 27.5 Å². The molecule has 7 rings (SSSR count). The molecule has 3 saturated carbocycles. The number of likely N-dealkylation sites (tertiary alicyclic amines) is 1. The van der Waals surface area contributed by atoms with Crippen molar-refractivity contribution in [1.82, 2.24) is 10.2 Å². The van der Waals surface area contributed by atoms with Crippen LogP contribution in [0.4, 0.5) is 4.39 Å². The van der Waals surface area contributed by atoms with Crippen molar-refractivity contribution in [3.05, 3.63) is 34.4 Å². The second kappa shape index (κ2) is 13.6. The minimum atomic E-state index is -3.00. The number of sulfone groups is 1. The van der Waals surface area contributed by atoms with Gasteiger partial charge in [0.05, 0.1) is 10.7 Å². The maximum atomic E-state index is 14.1. The molecule has 0 aromatic rings. The van der Waals surface area contributed by atoms with Crippen LogP contribution in [0.1, 0.15) is 132 Å². The van der Waals surface area contributed by atoms with Gasteiger partial charge in [-0.2, -0.15) is 0 Å². The van der Waals surface area contributed by atoms with Gasteiger partial charge in [-0.3, -0.25) is 9.59 Å². The van der Waals surface area contributed by atoms with Crippen LogP contribution >= 0.6 is 0 Å². The van der Waals surface area contributed by atoms with Crippen molar-refractivity contribution in [3.63, 3.8) is 0 Å². The lowest BCUT2D eigenvalue weighted by molar-refractivity contribution is -0.196. The first-order valence-electron chi connectivity index (χ1n) is 21.3. The Balaban J connectivity index is 1.14. The lowest BCUT2D eigenvalue weighted by atomic mass is 9.33. The number of nitrogens with one attached hydrogen (secondary N) is 1. The van der Waals surface area contributed by atoms with Gasteiger partial charge in [0.25, 0.3) is 0 Å². The minimum Gasteiger partial charge on any atom is -0.481 e. The number of aliphatic carboxylic acids is 1. The zero-order valence-corrected chi connectivity index (χ0v) is 35.4. The highest BCUT2D eigenvalue weighted by Gasteiger charge is 2.69. The molecular formula is C45H69FN2O5S. The van der Waals surface area contributed by atoms with E-state index in [1.54, 1.807) is 0 Å². The molecule has 54 heavy (non-hydrogen) atoms. The zero-order valence-electron chi connectivity index (χ0n) is 34.6. The summed E-state index contributed by atoms with van der Waals surface area (Å²) in [4.78, 5) is 28.5. The lowest BCUT2D eigenvalue weighted by Gasteiger charge is -2.71. The maximum absolute atomic E-state index is 14.1. The molecule has 0 aromatic carbocycles. The van der Waals surface area contributed by atoms with Gasteiger partial charge in [0.1, 0.15) is 16.5 Å². The fourth-order valence-electron chi connectivity index (χ4n) is 14.5. The second-order valence-corrected chi connectivity index (χ2v) is 23.1. The number of carboxylic acid groups (broad SMARTS) is 1. The van der Waals surface area contributed by atoms with Crippen LogP contribution in [0.2, 0.25) is 0 Å². The fraction of sp³-hybridized carbons (Fsp3) is 0.822. The number of fused-ring (bicyclic) bond motifs is 7. The molecule has 0 bridgehead atoms. The van der Waals surface area contributed by atoms with Gasteiger partial charge in [-0.05, 0) is 158 Å². The average molecular weight is 769 g/mol. The lowest BCUT2D eigenvalue weighted by Crippen LogP contribution is -2.66. The number of hydrogen-bond acceptors (Lipinski definition) is 6. The second-order valence-electron chi connectivity index (χ2n) is 20.8. The number of carbonyl (C=O) groups excluding carboxylic acids is 1. The van der Waals surface area contributed by atoms with E-state index in [-0.39, 0.29) is 44.8 Å². The number of rotatable bonds is 9. The van der Waals surface area contributed by atoms with Crippen LogP contribution in [0.5, 0.6) is 0 Å². The SMILES string of the molecule is CC(C)C1=C2[C@H]3CC[C@@H]4[C@@]5(C)CC=C(C6=CC[C@](CF)(C(=O)O)CC6)C(C)(C)[C@@H]5CC[C@@]4(C)[C@]3(C)CC[C@@]2(NCCN2CCC(S(C)(=O)=O)CC2)CC1=O. The molecule has 7 aliphatic rings. The van der Waals surface area contributed by atoms with Gasteiger partial charge in [0.15, 0.2) is 5.78 Å². The van der Waals surface area contributed by atoms with Crippen molar-refractivity contribution in [2.45, 2.75) is 143 Å². The third-order valence-corrected chi connectivity index (χ3v) is 19.4. The summed E-state index contributed by atoms with van der Waals surface area (Å²) in [6.07, 6.45) is 16.9. The van der Waals surface area contributed by atoms with Gasteiger partial charge in [0.2, 0.25) is 0 Å². The van der Waals surface area contributed by atoms with E-state index in [0.717, 1.165) is 70.3 Å². The van der Waals surface area contributed by atoms with E-state index in [2.05, 4.69) is 70.8 Å². The minimum absolute atomic E-state index is 0.0617. The summed E-state index contributed by atoms with van der Waals surface area (Å²) in [7, 11) is -3.00. The Morgan fingerprint density at radius 3 is 2.24 bits per heavy atom. The Morgan fingerprint density at radius 1 is 0.944 bits per heavy atom. The number of hydrogen-bond donors (Lipinski definition) is 2. The molecule has 2 N–H and O–H groups in total. The predicted octanol–water partition coefficient (Wildman–Crippen LogP) is 8.51. The van der Waals surface area contributed by atoms with Crippen molar-refractivity contribution in [2.24, 2.45) is 50.7 Å². The maximum Gasteiger partial charge on any atom is 0.312 e. The standard InChI is InChI=1S/C45H69FN2O5S/c1-29(2)37-34(49)27-45(47-23-26-48-24-15-31(16-25-48)54(8,52)53)22-21-42(6)33(38(37)45)9-10-36-41(5)17-13-32(40(3,4)35(41)14-18-43(36,42)7)30-11-19-44(28-46,20-12-30)39(50)51/h11,13,29,31,33,35-36,47H,9-10,12,14-28H2,1-8H3,(H,50,51)/t33-,35+,36-,41+,42-,43-,44+,45-/m1/s1. The molecule has 1 saturated heterocycles. The van der Waals surface area contributed by atoms with Crippen LogP contribution in [-0.4, -0.2) is 80.1 Å². The van der Waals surface area contributed by atoms with Crippen LogP contribution in [0, 0.1) is 50.7 Å². The zero-order chi connectivity index (χ0) is 39.3. The molecule has 6 aliphatic carbocycles. The highest BCUT2D eigenvalue weighted by molar-refractivity contribution is 7.91. The van der Waals surface area contributed by atoms with Gasteiger partial charge >= 0.3 is 5.97 Å². The number of carboxylic acids is 1. The fourth-order valence-corrected chi connectivity index (χ4v) is 15.6. The number of ketones is 1. The normalized spacial score (nSPS) is 41.4. The molecule has 9 heteroatoms. The monoisotopic (exact) mass is 768 g/mol. The van der Waals surface area contributed by atoms with Crippen molar-refractivity contribution >= 4 is 21.6 Å². The number of halogens is 1. The van der Waals surface area contributed by atoms with Crippen LogP contribution in [0.25, 0.3) is 0 Å². The summed E-state index contributed by atoms with van der Waals surface area (Å²) in [5.74, 6) is 0.942. The molecule has 1 heterocycles. The quantitative estimate of drug-likeness (QED) is 0.243. The third-order valence-electron chi connectivity index (χ3n) is 17.7. The number of carbonyl (C=O) groups is 2. The summed E-state index contributed by atoms with van der Waals surface area (Å²) in [5.41, 5.74) is 3.87. The molecule has 8 atom stereocenters. The average Bonchev–Trinajstić information content (AvgIpc) is 3.40. The third kappa shape index (κ3) is 6.00. The molecule has 1 aliphatic heterocycles. The molecule has 0 spiro atoms. The molecule has 0 radical (unpaired) electrons. The van der Waals surface area contributed by atoms with Gasteiger partial charge < -0.3 is 15.3 Å². The molecule has 0 aromatic heterocycles. The molecular weight excluding hydrogens is 700 g/mol. The van der Waals surface area contributed by atoms with Crippen LogP contribution in [-0.2, 0) is 19.4 Å². The Labute approximate surface area is 325 Å². The Hall–Kier alpha value is -1.84. The first-order valence-corrected chi connectivity index (χ1v) is 23.3. The van der Waals surface area contributed by atoms with Gasteiger partial charge in [-0.1, -0.05) is 60.6 Å².